The number of ether oxygens (including phenoxy) is 3. The van der Waals surface area contributed by atoms with Crippen molar-refractivity contribution in [1.29, 1.82) is 0 Å². The van der Waals surface area contributed by atoms with Gasteiger partial charge in [0.25, 0.3) is 0 Å². The van der Waals surface area contributed by atoms with Gasteiger partial charge in [-0.05, 0) is 60.9 Å². The van der Waals surface area contributed by atoms with Crippen molar-refractivity contribution in [3.63, 3.8) is 0 Å². The summed E-state index contributed by atoms with van der Waals surface area (Å²) in [5.41, 5.74) is 3.75. The van der Waals surface area contributed by atoms with Gasteiger partial charge in [-0.3, -0.25) is 4.79 Å². The molecule has 0 radical (unpaired) electrons. The number of esters is 1. The molecule has 8 nitrogen and oxygen atoms in total. The Balaban J connectivity index is 1.24. The topological polar surface area (TPSA) is 98.8 Å². The largest absolute Gasteiger partial charge is 0.473 e. The zero-order chi connectivity index (χ0) is 31.1. The minimum absolute atomic E-state index is 0.0156. The standard InChI is InChI=1S/C33H30Cl2FN3O5/c1-42-33(41)21-9-12-29(30(16-21)37-18-24-4-3-13-43-24)38-31(40)15-20-7-11-25(26(35)14-20)28-5-2-6-32(39-28)44-19-22-8-10-23(34)17-27(22)36/h2,5-12,14,16-17,24,37H,3-4,13,15,18-19H2,1H3,(H,38,40)/t24-/m0/s1. The van der Waals surface area contributed by atoms with Crippen LogP contribution in [0.4, 0.5) is 15.8 Å². The molecule has 228 valence electrons. The molecule has 0 unspecified atom stereocenters. The van der Waals surface area contributed by atoms with E-state index in [1.54, 1.807) is 66.7 Å². The Labute approximate surface area is 264 Å². The lowest BCUT2D eigenvalue weighted by Gasteiger charge is -2.17. The average molecular weight is 639 g/mol. The van der Waals surface area contributed by atoms with E-state index in [1.807, 2.05) is 0 Å². The summed E-state index contributed by atoms with van der Waals surface area (Å²) in [6, 6.07) is 19.8. The Bertz CT molecular complexity index is 1660. The third kappa shape index (κ3) is 8.05. The van der Waals surface area contributed by atoms with Crippen LogP contribution in [0.5, 0.6) is 5.88 Å². The van der Waals surface area contributed by atoms with Crippen LogP contribution in [-0.4, -0.2) is 43.2 Å². The SMILES string of the molecule is COC(=O)c1ccc(NC(=O)Cc2ccc(-c3cccc(OCc4ccc(Cl)cc4F)n3)c(Cl)c2)c(NC[C@@H]2CCCO2)c1. The number of benzene rings is 3. The van der Waals surface area contributed by atoms with Crippen LogP contribution < -0.4 is 15.4 Å². The molecule has 1 aliphatic heterocycles. The van der Waals surface area contributed by atoms with Gasteiger partial charge in [0.05, 0.1) is 47.3 Å². The zero-order valence-corrected chi connectivity index (χ0v) is 25.4. The normalized spacial score (nSPS) is 14.2. The Kier molecular flexibility index (Phi) is 10.3. The van der Waals surface area contributed by atoms with Gasteiger partial charge in [-0.2, -0.15) is 0 Å². The van der Waals surface area contributed by atoms with Gasteiger partial charge in [0.1, 0.15) is 12.4 Å². The van der Waals surface area contributed by atoms with E-state index in [9.17, 15) is 14.0 Å². The highest BCUT2D eigenvalue weighted by molar-refractivity contribution is 6.33. The molecular formula is C33H30Cl2FN3O5. The fraction of sp³-hybridized carbons (Fsp3) is 0.242. The molecule has 4 aromatic rings. The van der Waals surface area contributed by atoms with E-state index in [0.29, 0.717) is 61.8 Å². The number of halogens is 3. The number of anilines is 2. The number of methoxy groups -OCH3 is 1. The Morgan fingerprint density at radius 2 is 1.91 bits per heavy atom. The molecule has 0 bridgehead atoms. The summed E-state index contributed by atoms with van der Waals surface area (Å²) >= 11 is 12.4. The number of hydrogen-bond acceptors (Lipinski definition) is 7. The van der Waals surface area contributed by atoms with Crippen molar-refractivity contribution < 1.29 is 28.2 Å². The van der Waals surface area contributed by atoms with Crippen molar-refractivity contribution in [2.45, 2.75) is 32.0 Å². The predicted molar refractivity (Wildman–Crippen MR) is 168 cm³/mol. The molecule has 2 heterocycles. The third-order valence-electron chi connectivity index (χ3n) is 7.05. The zero-order valence-electron chi connectivity index (χ0n) is 23.9. The Morgan fingerprint density at radius 3 is 2.66 bits per heavy atom. The molecule has 3 aromatic carbocycles. The van der Waals surface area contributed by atoms with Crippen LogP contribution in [0.3, 0.4) is 0 Å². The highest BCUT2D eigenvalue weighted by Crippen LogP contribution is 2.30. The van der Waals surface area contributed by atoms with Crippen LogP contribution in [0, 0.1) is 5.82 Å². The van der Waals surface area contributed by atoms with Crippen molar-refractivity contribution >= 4 is 46.5 Å². The van der Waals surface area contributed by atoms with Gasteiger partial charge in [-0.25, -0.2) is 14.2 Å². The first-order valence-electron chi connectivity index (χ1n) is 14.0. The predicted octanol–water partition coefficient (Wildman–Crippen LogP) is 7.33. The molecule has 0 saturated carbocycles. The van der Waals surface area contributed by atoms with Gasteiger partial charge in [0, 0.05) is 35.4 Å². The number of carbonyl (C=O) groups is 2. The highest BCUT2D eigenvalue weighted by atomic mass is 35.5. The molecule has 1 atom stereocenters. The van der Waals surface area contributed by atoms with Crippen LogP contribution in [0.2, 0.25) is 10.0 Å². The number of rotatable bonds is 11. The van der Waals surface area contributed by atoms with Gasteiger partial charge in [-0.1, -0.05) is 47.5 Å². The first kappa shape index (κ1) is 31.3. The summed E-state index contributed by atoms with van der Waals surface area (Å²) in [4.78, 5) is 29.7. The van der Waals surface area contributed by atoms with Crippen LogP contribution in [0.25, 0.3) is 11.3 Å². The molecule has 1 amide bonds. The van der Waals surface area contributed by atoms with E-state index in [-0.39, 0.29) is 25.0 Å². The molecule has 1 aliphatic rings. The van der Waals surface area contributed by atoms with Crippen LogP contribution in [-0.2, 0) is 27.3 Å². The molecule has 44 heavy (non-hydrogen) atoms. The smallest absolute Gasteiger partial charge is 0.337 e. The minimum atomic E-state index is -0.472. The monoisotopic (exact) mass is 637 g/mol. The lowest BCUT2D eigenvalue weighted by atomic mass is 10.1. The second kappa shape index (κ2) is 14.5. The van der Waals surface area contributed by atoms with Gasteiger partial charge in [0.15, 0.2) is 0 Å². The lowest BCUT2D eigenvalue weighted by molar-refractivity contribution is -0.115. The van der Waals surface area contributed by atoms with E-state index in [4.69, 9.17) is 37.4 Å². The average Bonchev–Trinajstić information content (AvgIpc) is 3.54. The molecule has 1 fully saturated rings. The first-order chi connectivity index (χ1) is 21.3. The number of pyridine rings is 1. The fourth-order valence-corrected chi connectivity index (χ4v) is 5.22. The lowest BCUT2D eigenvalue weighted by Crippen LogP contribution is -2.21. The maximum atomic E-state index is 14.1. The summed E-state index contributed by atoms with van der Waals surface area (Å²) in [6.07, 6.45) is 2.07. The van der Waals surface area contributed by atoms with E-state index in [2.05, 4.69) is 15.6 Å². The number of amides is 1. The van der Waals surface area contributed by atoms with Crippen LogP contribution in [0.15, 0.2) is 72.8 Å². The highest BCUT2D eigenvalue weighted by Gasteiger charge is 2.18. The number of carbonyl (C=O) groups excluding carboxylic acids is 2. The van der Waals surface area contributed by atoms with Crippen molar-refractivity contribution in [3.05, 3.63) is 105 Å². The van der Waals surface area contributed by atoms with Crippen LogP contribution in [0.1, 0.15) is 34.3 Å². The summed E-state index contributed by atoms with van der Waals surface area (Å²) < 4.78 is 30.4. The Morgan fingerprint density at radius 1 is 1.05 bits per heavy atom. The molecule has 0 aliphatic carbocycles. The summed E-state index contributed by atoms with van der Waals surface area (Å²) in [5.74, 6) is -0.887. The number of nitrogens with zero attached hydrogens (tertiary/aromatic N) is 1. The third-order valence-corrected chi connectivity index (χ3v) is 7.60. The van der Waals surface area contributed by atoms with E-state index in [0.717, 1.165) is 19.4 Å². The number of hydrogen-bond donors (Lipinski definition) is 2. The van der Waals surface area contributed by atoms with Crippen LogP contribution >= 0.6 is 23.2 Å². The Hall–Kier alpha value is -4.18. The van der Waals surface area contributed by atoms with Gasteiger partial charge < -0.3 is 24.8 Å². The second-order valence-corrected chi connectivity index (χ2v) is 11.0. The summed E-state index contributed by atoms with van der Waals surface area (Å²) in [5, 5.41) is 6.94. The fourth-order valence-electron chi connectivity index (χ4n) is 4.77. The molecular weight excluding hydrogens is 608 g/mol. The summed E-state index contributed by atoms with van der Waals surface area (Å²) in [7, 11) is 1.32. The molecule has 1 aromatic heterocycles. The number of nitrogens with one attached hydrogen (secondary N) is 2. The van der Waals surface area contributed by atoms with Crippen molar-refractivity contribution in [2.24, 2.45) is 0 Å². The van der Waals surface area contributed by atoms with Crippen molar-refractivity contribution in [1.82, 2.24) is 4.98 Å². The number of aromatic nitrogens is 1. The van der Waals surface area contributed by atoms with Gasteiger partial charge in [0.2, 0.25) is 11.8 Å². The molecule has 5 rings (SSSR count). The minimum Gasteiger partial charge on any atom is -0.473 e. The summed E-state index contributed by atoms with van der Waals surface area (Å²) in [6.45, 7) is 1.25. The quantitative estimate of drug-likeness (QED) is 0.166. The van der Waals surface area contributed by atoms with Gasteiger partial charge in [-0.15, -0.1) is 0 Å². The van der Waals surface area contributed by atoms with Crippen molar-refractivity contribution in [2.75, 3.05) is 30.9 Å². The van der Waals surface area contributed by atoms with Crippen molar-refractivity contribution in [3.8, 4) is 17.1 Å². The molecule has 11 heteroatoms. The van der Waals surface area contributed by atoms with E-state index < -0.39 is 11.8 Å². The second-order valence-electron chi connectivity index (χ2n) is 10.2. The first-order valence-corrected chi connectivity index (χ1v) is 14.7. The van der Waals surface area contributed by atoms with Gasteiger partial charge >= 0.3 is 5.97 Å². The molecule has 2 N–H and O–H groups in total. The maximum absolute atomic E-state index is 14.1. The maximum Gasteiger partial charge on any atom is 0.337 e. The van der Waals surface area contributed by atoms with E-state index in [1.165, 1.54) is 13.2 Å². The molecule has 1 saturated heterocycles. The molecule has 0 spiro atoms. The van der Waals surface area contributed by atoms with E-state index >= 15 is 0 Å².